The quantitative estimate of drug-likeness (QED) is 0.480. The van der Waals surface area contributed by atoms with Gasteiger partial charge in [-0.1, -0.05) is 12.1 Å². The Morgan fingerprint density at radius 2 is 1.78 bits per heavy atom. The zero-order valence-electron chi connectivity index (χ0n) is 14.2. The lowest BCUT2D eigenvalue weighted by atomic mass is 10.2. The molecule has 8 heteroatoms. The first kappa shape index (κ1) is 18.7. The molecular weight excluding hydrogens is 370 g/mol. The summed E-state index contributed by atoms with van der Waals surface area (Å²) in [5.74, 6) is -2.03. The van der Waals surface area contributed by atoms with E-state index >= 15 is 0 Å². The number of carbonyl (C=O) groups excluding carboxylic acids is 3. The minimum absolute atomic E-state index is 0.0247. The van der Waals surface area contributed by atoms with Crippen LogP contribution in [0.5, 0.6) is 5.75 Å². The van der Waals surface area contributed by atoms with Gasteiger partial charge in [-0.3, -0.25) is 14.4 Å². The fraction of sp³-hybridized carbons (Fsp3) is 0.158. The van der Waals surface area contributed by atoms with Crippen LogP contribution in [-0.4, -0.2) is 34.1 Å². The van der Waals surface area contributed by atoms with Crippen molar-refractivity contribution in [2.45, 2.75) is 23.5 Å². The lowest BCUT2D eigenvalue weighted by Crippen LogP contribution is -2.31. The number of amides is 2. The van der Waals surface area contributed by atoms with Crippen molar-refractivity contribution in [3.63, 3.8) is 0 Å². The van der Waals surface area contributed by atoms with Gasteiger partial charge in [0.2, 0.25) is 11.8 Å². The highest BCUT2D eigenvalue weighted by molar-refractivity contribution is 8.00. The number of hydrogen-bond donors (Lipinski definition) is 1. The van der Waals surface area contributed by atoms with E-state index in [0.717, 1.165) is 16.7 Å². The molecule has 0 aromatic heterocycles. The Bertz CT molecular complexity index is 924. The summed E-state index contributed by atoms with van der Waals surface area (Å²) < 4.78 is 4.93. The van der Waals surface area contributed by atoms with Crippen LogP contribution < -0.4 is 9.64 Å². The number of esters is 1. The first-order valence-corrected chi connectivity index (χ1v) is 8.89. The maximum absolute atomic E-state index is 12.7. The molecule has 1 aliphatic heterocycles. The first-order valence-electron chi connectivity index (χ1n) is 8.01. The van der Waals surface area contributed by atoms with Crippen LogP contribution in [0.25, 0.3) is 0 Å². The second kappa shape index (κ2) is 7.63. The van der Waals surface area contributed by atoms with Crippen molar-refractivity contribution >= 4 is 41.2 Å². The minimum Gasteiger partial charge on any atom is -0.478 e. The number of aromatic carboxylic acids is 1. The molecule has 0 aliphatic carbocycles. The van der Waals surface area contributed by atoms with Crippen LogP contribution >= 0.6 is 11.8 Å². The van der Waals surface area contributed by atoms with Gasteiger partial charge in [-0.2, -0.15) is 0 Å². The lowest BCUT2D eigenvalue weighted by molar-refractivity contribution is -0.132. The molecule has 1 aliphatic rings. The van der Waals surface area contributed by atoms with Gasteiger partial charge in [0, 0.05) is 18.2 Å². The number of benzene rings is 2. The molecule has 0 saturated carbocycles. The van der Waals surface area contributed by atoms with Gasteiger partial charge in [0.1, 0.15) is 5.75 Å². The molecule has 2 aromatic carbocycles. The smallest absolute Gasteiger partial charge is 0.336 e. The average molecular weight is 385 g/mol. The van der Waals surface area contributed by atoms with Gasteiger partial charge in [0.15, 0.2) is 0 Å². The Labute approximate surface area is 158 Å². The van der Waals surface area contributed by atoms with Gasteiger partial charge >= 0.3 is 11.9 Å². The predicted molar refractivity (Wildman–Crippen MR) is 97.9 cm³/mol. The molecule has 1 heterocycles. The van der Waals surface area contributed by atoms with Crippen LogP contribution in [0.1, 0.15) is 23.7 Å². The Morgan fingerprint density at radius 1 is 1.11 bits per heavy atom. The Balaban J connectivity index is 1.79. The molecule has 0 radical (unpaired) electrons. The number of carboxylic acids is 1. The summed E-state index contributed by atoms with van der Waals surface area (Å²) in [5.41, 5.74) is 0.461. The number of imide groups is 1. The molecule has 1 saturated heterocycles. The van der Waals surface area contributed by atoms with E-state index in [4.69, 9.17) is 4.74 Å². The molecule has 1 N–H and O–H groups in total. The van der Waals surface area contributed by atoms with Crippen LogP contribution in [-0.2, 0) is 14.4 Å². The van der Waals surface area contributed by atoms with E-state index in [0.29, 0.717) is 16.3 Å². The van der Waals surface area contributed by atoms with Crippen LogP contribution in [0, 0.1) is 0 Å². The van der Waals surface area contributed by atoms with Crippen LogP contribution in [0.3, 0.4) is 0 Å². The zero-order valence-corrected chi connectivity index (χ0v) is 15.1. The summed E-state index contributed by atoms with van der Waals surface area (Å²) in [6.45, 7) is 1.28. The zero-order chi connectivity index (χ0) is 19.6. The maximum Gasteiger partial charge on any atom is 0.336 e. The lowest BCUT2D eigenvalue weighted by Gasteiger charge is -2.15. The molecule has 1 unspecified atom stereocenters. The van der Waals surface area contributed by atoms with Gasteiger partial charge < -0.3 is 9.84 Å². The summed E-state index contributed by atoms with van der Waals surface area (Å²) in [5, 5.41) is 8.56. The third kappa shape index (κ3) is 4.01. The maximum atomic E-state index is 12.7. The molecular formula is C19H15NO6S. The topological polar surface area (TPSA) is 101 Å². The SMILES string of the molecule is CC(=O)Oc1ccc(N2C(=O)CC(Sc3ccccc3C(=O)O)C2=O)cc1. The van der Waals surface area contributed by atoms with E-state index in [9.17, 15) is 24.3 Å². The average Bonchev–Trinajstić information content (AvgIpc) is 2.89. The van der Waals surface area contributed by atoms with Gasteiger partial charge in [-0.15, -0.1) is 11.8 Å². The fourth-order valence-corrected chi connectivity index (χ4v) is 3.87. The molecule has 0 spiro atoms. The number of carbonyl (C=O) groups is 4. The summed E-state index contributed by atoms with van der Waals surface area (Å²) in [6.07, 6.45) is -0.0247. The number of nitrogens with zero attached hydrogens (tertiary/aromatic N) is 1. The molecule has 3 rings (SSSR count). The largest absolute Gasteiger partial charge is 0.478 e. The summed E-state index contributed by atoms with van der Waals surface area (Å²) in [7, 11) is 0. The Kier molecular flexibility index (Phi) is 5.27. The second-order valence-corrected chi connectivity index (χ2v) is 7.01. The van der Waals surface area contributed by atoms with E-state index < -0.39 is 23.1 Å². The minimum atomic E-state index is -1.09. The highest BCUT2D eigenvalue weighted by atomic mass is 32.2. The molecule has 1 atom stereocenters. The van der Waals surface area contributed by atoms with E-state index in [2.05, 4.69) is 0 Å². The molecule has 138 valence electrons. The summed E-state index contributed by atoms with van der Waals surface area (Å²) in [6, 6.07) is 12.4. The molecule has 2 amide bonds. The van der Waals surface area contributed by atoms with Crippen molar-refractivity contribution in [2.24, 2.45) is 0 Å². The normalized spacial score (nSPS) is 16.5. The van der Waals surface area contributed by atoms with Crippen molar-refractivity contribution in [1.82, 2.24) is 0 Å². The van der Waals surface area contributed by atoms with Gasteiger partial charge in [0.05, 0.1) is 16.5 Å². The van der Waals surface area contributed by atoms with Crippen LogP contribution in [0.15, 0.2) is 53.4 Å². The number of thioether (sulfide) groups is 1. The number of rotatable bonds is 5. The second-order valence-electron chi connectivity index (χ2n) is 5.77. The number of carboxylic acid groups (broad SMARTS) is 1. The third-order valence-electron chi connectivity index (χ3n) is 3.85. The number of ether oxygens (including phenoxy) is 1. The number of anilines is 1. The van der Waals surface area contributed by atoms with Gasteiger partial charge in [-0.05, 0) is 36.4 Å². The highest BCUT2D eigenvalue weighted by Gasteiger charge is 2.40. The van der Waals surface area contributed by atoms with Crippen LogP contribution in [0.4, 0.5) is 5.69 Å². The summed E-state index contributed by atoms with van der Waals surface area (Å²) >= 11 is 1.07. The molecule has 27 heavy (non-hydrogen) atoms. The first-order chi connectivity index (χ1) is 12.9. The van der Waals surface area contributed by atoms with Crippen molar-refractivity contribution < 1.29 is 29.0 Å². The van der Waals surface area contributed by atoms with Crippen molar-refractivity contribution in [3.05, 3.63) is 54.1 Å². The Hall–Kier alpha value is -3.13. The van der Waals surface area contributed by atoms with Gasteiger partial charge in [0.25, 0.3) is 0 Å². The molecule has 7 nitrogen and oxygen atoms in total. The Morgan fingerprint density at radius 3 is 2.41 bits per heavy atom. The highest BCUT2D eigenvalue weighted by Crippen LogP contribution is 2.35. The monoisotopic (exact) mass is 385 g/mol. The standard InChI is InChI=1S/C19H15NO6S/c1-11(21)26-13-8-6-12(7-9-13)20-17(22)10-16(18(20)23)27-15-5-3-2-4-14(15)19(24)25/h2-9,16H,10H2,1H3,(H,24,25). The van der Waals surface area contributed by atoms with Crippen molar-refractivity contribution in [3.8, 4) is 5.75 Å². The molecule has 0 bridgehead atoms. The van der Waals surface area contributed by atoms with E-state index in [1.165, 1.54) is 37.3 Å². The van der Waals surface area contributed by atoms with E-state index in [-0.39, 0.29) is 17.9 Å². The van der Waals surface area contributed by atoms with Gasteiger partial charge in [-0.25, -0.2) is 9.69 Å². The number of hydrogen-bond acceptors (Lipinski definition) is 6. The van der Waals surface area contributed by atoms with E-state index in [1.54, 1.807) is 18.2 Å². The molecule has 2 aromatic rings. The van der Waals surface area contributed by atoms with Crippen molar-refractivity contribution in [1.29, 1.82) is 0 Å². The molecule has 1 fully saturated rings. The fourth-order valence-electron chi connectivity index (χ4n) is 2.70. The summed E-state index contributed by atoms with van der Waals surface area (Å²) in [4.78, 5) is 48.9. The van der Waals surface area contributed by atoms with Crippen molar-refractivity contribution in [2.75, 3.05) is 4.90 Å². The van der Waals surface area contributed by atoms with Crippen LogP contribution in [0.2, 0.25) is 0 Å². The predicted octanol–water partition coefficient (Wildman–Crippen LogP) is 2.73. The van der Waals surface area contributed by atoms with E-state index in [1.807, 2.05) is 0 Å². The third-order valence-corrected chi connectivity index (χ3v) is 5.11.